The fourth-order valence-electron chi connectivity index (χ4n) is 6.78. The fraction of sp³-hybridized carbons (Fsp3) is 0.759. The molecule has 2 heteroatoms. The fourth-order valence-corrected chi connectivity index (χ4v) is 6.78. The van der Waals surface area contributed by atoms with Crippen LogP contribution in [0.1, 0.15) is 115 Å². The summed E-state index contributed by atoms with van der Waals surface area (Å²) in [5, 5.41) is 0. The van der Waals surface area contributed by atoms with Crippen LogP contribution in [0.3, 0.4) is 0 Å². The Morgan fingerprint density at radius 2 is 1.39 bits per heavy atom. The Labute approximate surface area is 190 Å². The highest BCUT2D eigenvalue weighted by atomic mass is 16.5. The second-order valence-electron chi connectivity index (χ2n) is 11.1. The molecule has 3 aliphatic carbocycles. The first-order chi connectivity index (χ1) is 15.1. The molecule has 0 heterocycles. The molecule has 0 N–H and O–H groups in total. The lowest BCUT2D eigenvalue weighted by Crippen LogP contribution is -2.30. The zero-order chi connectivity index (χ0) is 21.6. The Morgan fingerprint density at radius 1 is 0.806 bits per heavy atom. The zero-order valence-electron chi connectivity index (χ0n) is 20.0. The summed E-state index contributed by atoms with van der Waals surface area (Å²) in [7, 11) is 0. The summed E-state index contributed by atoms with van der Waals surface area (Å²) in [4.78, 5) is 12.8. The van der Waals surface area contributed by atoms with Crippen LogP contribution in [-0.4, -0.2) is 5.97 Å². The van der Waals surface area contributed by atoms with Crippen LogP contribution >= 0.6 is 0 Å². The highest BCUT2D eigenvalue weighted by molar-refractivity contribution is 5.75. The maximum atomic E-state index is 12.8. The van der Waals surface area contributed by atoms with Gasteiger partial charge >= 0.3 is 5.97 Å². The van der Waals surface area contributed by atoms with Crippen LogP contribution < -0.4 is 4.74 Å². The Morgan fingerprint density at radius 3 is 1.97 bits per heavy atom. The first-order valence-electron chi connectivity index (χ1n) is 13.4. The normalized spacial score (nSPS) is 34.3. The molecule has 0 saturated heterocycles. The molecule has 0 atom stereocenters. The van der Waals surface area contributed by atoms with Crippen molar-refractivity contribution in [3.63, 3.8) is 0 Å². The largest absolute Gasteiger partial charge is 0.426 e. The van der Waals surface area contributed by atoms with Crippen molar-refractivity contribution < 1.29 is 9.53 Å². The summed E-state index contributed by atoms with van der Waals surface area (Å²) in [5.41, 5.74) is 1.42. The van der Waals surface area contributed by atoms with Crippen LogP contribution in [0, 0.1) is 29.6 Å². The van der Waals surface area contributed by atoms with Gasteiger partial charge in [0.05, 0.1) is 5.92 Å². The number of esters is 1. The zero-order valence-corrected chi connectivity index (χ0v) is 20.0. The van der Waals surface area contributed by atoms with E-state index in [-0.39, 0.29) is 11.9 Å². The van der Waals surface area contributed by atoms with E-state index in [1.807, 2.05) is 12.1 Å². The molecule has 1 aromatic rings. The molecule has 1 aromatic carbocycles. The van der Waals surface area contributed by atoms with Crippen molar-refractivity contribution in [3.8, 4) is 5.75 Å². The first-order valence-corrected chi connectivity index (χ1v) is 13.4. The van der Waals surface area contributed by atoms with E-state index in [1.54, 1.807) is 0 Å². The minimum Gasteiger partial charge on any atom is -0.426 e. The SMILES string of the molecule is CCCC1CCC(C2CCC(C(=O)Oc3ccc(C4CCC(C)CC4)cc3)CC2)CC1. The molecule has 0 bridgehead atoms. The average Bonchev–Trinajstić information content (AvgIpc) is 2.81. The number of hydrogen-bond acceptors (Lipinski definition) is 2. The summed E-state index contributed by atoms with van der Waals surface area (Å²) in [6.45, 7) is 4.68. The van der Waals surface area contributed by atoms with E-state index >= 15 is 0 Å². The van der Waals surface area contributed by atoms with Gasteiger partial charge in [0.2, 0.25) is 0 Å². The molecule has 3 aliphatic rings. The van der Waals surface area contributed by atoms with Gasteiger partial charge in [0.1, 0.15) is 5.75 Å². The lowest BCUT2D eigenvalue weighted by atomic mass is 9.69. The number of carbonyl (C=O) groups excluding carboxylic acids is 1. The number of ether oxygens (including phenoxy) is 1. The van der Waals surface area contributed by atoms with Gasteiger partial charge in [-0.1, -0.05) is 64.5 Å². The minimum absolute atomic E-state index is 0.00402. The van der Waals surface area contributed by atoms with Gasteiger partial charge in [-0.05, 0) is 98.7 Å². The summed E-state index contributed by atoms with van der Waals surface area (Å²) in [6.07, 6.45) is 18.3. The number of carbonyl (C=O) groups is 1. The minimum atomic E-state index is 0.00402. The van der Waals surface area contributed by atoms with Crippen molar-refractivity contribution in [1.82, 2.24) is 0 Å². The first kappa shape index (κ1) is 22.9. The van der Waals surface area contributed by atoms with E-state index in [0.717, 1.165) is 42.3 Å². The molecule has 172 valence electrons. The number of rotatable bonds is 6. The lowest BCUT2D eigenvalue weighted by molar-refractivity contribution is -0.140. The van der Waals surface area contributed by atoms with Gasteiger partial charge < -0.3 is 4.74 Å². The monoisotopic (exact) mass is 424 g/mol. The molecule has 2 nitrogen and oxygen atoms in total. The maximum absolute atomic E-state index is 12.8. The molecule has 0 radical (unpaired) electrons. The van der Waals surface area contributed by atoms with E-state index in [2.05, 4.69) is 26.0 Å². The third kappa shape index (κ3) is 6.14. The van der Waals surface area contributed by atoms with Gasteiger partial charge in [-0.3, -0.25) is 4.79 Å². The van der Waals surface area contributed by atoms with Gasteiger partial charge in [-0.2, -0.15) is 0 Å². The van der Waals surface area contributed by atoms with Crippen molar-refractivity contribution >= 4 is 5.97 Å². The van der Waals surface area contributed by atoms with Crippen LogP contribution in [0.5, 0.6) is 5.75 Å². The third-order valence-electron chi connectivity index (χ3n) is 8.95. The van der Waals surface area contributed by atoms with Gasteiger partial charge in [0.25, 0.3) is 0 Å². The molecule has 3 saturated carbocycles. The molecular formula is C29H44O2. The van der Waals surface area contributed by atoms with E-state index in [1.165, 1.54) is 82.6 Å². The Hall–Kier alpha value is -1.31. The molecule has 0 spiro atoms. The predicted octanol–water partition coefficient (Wildman–Crippen LogP) is 8.30. The Bertz CT molecular complexity index is 669. The summed E-state index contributed by atoms with van der Waals surface area (Å²) in [5.74, 6) is 5.16. The third-order valence-corrected chi connectivity index (χ3v) is 8.95. The van der Waals surface area contributed by atoms with Crippen molar-refractivity contribution in [1.29, 1.82) is 0 Å². The van der Waals surface area contributed by atoms with Crippen LogP contribution in [-0.2, 0) is 4.79 Å². The molecule has 31 heavy (non-hydrogen) atoms. The molecule has 4 rings (SSSR count). The number of benzene rings is 1. The standard InChI is InChI=1S/C29H44O2/c1-3-4-22-7-11-24(12-8-22)25-13-15-27(16-14-25)29(30)31-28-19-17-26(18-20-28)23-9-5-21(2)6-10-23/h17-25,27H,3-16H2,1-2H3. The topological polar surface area (TPSA) is 26.3 Å². The molecular weight excluding hydrogens is 380 g/mol. The van der Waals surface area contributed by atoms with Gasteiger partial charge in [0, 0.05) is 0 Å². The number of hydrogen-bond donors (Lipinski definition) is 0. The van der Waals surface area contributed by atoms with Crippen LogP contribution in [0.2, 0.25) is 0 Å². The van der Waals surface area contributed by atoms with Crippen molar-refractivity contribution in [2.75, 3.05) is 0 Å². The second kappa shape index (κ2) is 11.0. The van der Waals surface area contributed by atoms with Crippen molar-refractivity contribution in [2.24, 2.45) is 29.6 Å². The quantitative estimate of drug-likeness (QED) is 0.339. The molecule has 0 aromatic heterocycles. The maximum Gasteiger partial charge on any atom is 0.314 e. The highest BCUT2D eigenvalue weighted by Crippen LogP contribution is 2.42. The summed E-state index contributed by atoms with van der Waals surface area (Å²) in [6, 6.07) is 8.42. The lowest BCUT2D eigenvalue weighted by Gasteiger charge is -2.37. The van der Waals surface area contributed by atoms with Crippen molar-refractivity contribution in [2.45, 2.75) is 110 Å². The van der Waals surface area contributed by atoms with Gasteiger partial charge in [-0.15, -0.1) is 0 Å². The summed E-state index contributed by atoms with van der Waals surface area (Å²) < 4.78 is 5.80. The van der Waals surface area contributed by atoms with E-state index < -0.39 is 0 Å². The smallest absolute Gasteiger partial charge is 0.314 e. The molecule has 0 amide bonds. The van der Waals surface area contributed by atoms with E-state index in [9.17, 15) is 4.79 Å². The van der Waals surface area contributed by atoms with E-state index in [4.69, 9.17) is 4.74 Å². The van der Waals surface area contributed by atoms with Crippen molar-refractivity contribution in [3.05, 3.63) is 29.8 Å². The van der Waals surface area contributed by atoms with E-state index in [0.29, 0.717) is 5.92 Å². The highest BCUT2D eigenvalue weighted by Gasteiger charge is 2.33. The van der Waals surface area contributed by atoms with Gasteiger partial charge in [-0.25, -0.2) is 0 Å². The summed E-state index contributed by atoms with van der Waals surface area (Å²) >= 11 is 0. The van der Waals surface area contributed by atoms with Gasteiger partial charge in [0.15, 0.2) is 0 Å². The van der Waals surface area contributed by atoms with Crippen LogP contribution in [0.25, 0.3) is 0 Å². The molecule has 0 aliphatic heterocycles. The molecule has 3 fully saturated rings. The Balaban J connectivity index is 1.20. The second-order valence-corrected chi connectivity index (χ2v) is 11.1. The molecule has 0 unspecified atom stereocenters. The predicted molar refractivity (Wildman–Crippen MR) is 128 cm³/mol. The average molecular weight is 425 g/mol. The van der Waals surface area contributed by atoms with Crippen LogP contribution in [0.4, 0.5) is 0 Å². The van der Waals surface area contributed by atoms with Crippen LogP contribution in [0.15, 0.2) is 24.3 Å². The Kier molecular flexibility index (Phi) is 8.13.